The van der Waals surface area contributed by atoms with Crippen LogP contribution in [0.25, 0.3) is 0 Å². The van der Waals surface area contributed by atoms with Crippen LogP contribution in [0.3, 0.4) is 0 Å². The van der Waals surface area contributed by atoms with Crippen molar-refractivity contribution in [1.82, 2.24) is 0 Å². The molecule has 1 aliphatic rings. The second kappa shape index (κ2) is 16.0. The zero-order valence-corrected chi connectivity index (χ0v) is 28.8. The fraction of sp³-hybridized carbons (Fsp3) is 0.500. The predicted octanol–water partition coefficient (Wildman–Crippen LogP) is 9.23. The molecule has 4 atom stereocenters. The summed E-state index contributed by atoms with van der Waals surface area (Å²) in [5.74, 6) is -0.435. The highest BCUT2D eigenvalue weighted by Crippen LogP contribution is 2.44. The number of carbonyl (C=O) groups is 1. The molecule has 0 amide bonds. The molecule has 6 nitrogen and oxygen atoms in total. The van der Waals surface area contributed by atoms with Crippen LogP contribution < -0.4 is 4.74 Å². The van der Waals surface area contributed by atoms with Gasteiger partial charge in [0.1, 0.15) is 23.2 Å². The van der Waals surface area contributed by atoms with Gasteiger partial charge in [-0.25, -0.2) is 4.79 Å². The highest BCUT2D eigenvalue weighted by atomic mass is 19.4. The molecule has 1 aliphatic heterocycles. The van der Waals surface area contributed by atoms with E-state index >= 15 is 0 Å². The molecule has 2 aromatic rings. The van der Waals surface area contributed by atoms with Gasteiger partial charge in [0.05, 0.1) is 0 Å². The van der Waals surface area contributed by atoms with Crippen LogP contribution >= 0.6 is 0 Å². The van der Waals surface area contributed by atoms with E-state index in [9.17, 15) is 23.1 Å². The molecule has 0 fully saturated rings. The first-order valence-corrected chi connectivity index (χ1v) is 16.0. The average molecular weight is 659 g/mol. The number of ether oxygens (including phenoxy) is 4. The number of alkyl halides is 3. The van der Waals surface area contributed by atoms with Crippen molar-refractivity contribution in [3.63, 3.8) is 0 Å². The van der Waals surface area contributed by atoms with Crippen molar-refractivity contribution >= 4 is 5.97 Å². The van der Waals surface area contributed by atoms with Crippen LogP contribution in [-0.4, -0.2) is 49.3 Å². The number of carbonyl (C=O) groups excluding carboxylic acids is 1. The molecule has 0 bridgehead atoms. The topological polar surface area (TPSA) is 74.2 Å². The van der Waals surface area contributed by atoms with Crippen molar-refractivity contribution in [2.75, 3.05) is 14.2 Å². The van der Waals surface area contributed by atoms with E-state index in [1.165, 1.54) is 36.9 Å². The number of phenolic OH excluding ortho intramolecular Hbond substituents is 1. The van der Waals surface area contributed by atoms with Gasteiger partial charge in [-0.1, -0.05) is 53.6 Å². The number of allylic oxidation sites excluding steroid dienone is 4. The third kappa shape index (κ3) is 9.29. The van der Waals surface area contributed by atoms with Crippen molar-refractivity contribution in [3.8, 4) is 11.5 Å². The van der Waals surface area contributed by atoms with Crippen molar-refractivity contribution in [2.24, 2.45) is 0 Å². The van der Waals surface area contributed by atoms with Gasteiger partial charge in [-0.05, 0) is 115 Å². The number of aromatic hydroxyl groups is 1. The summed E-state index contributed by atoms with van der Waals surface area (Å²) in [5, 5.41) is 9.91. The van der Waals surface area contributed by atoms with Gasteiger partial charge in [0.25, 0.3) is 5.60 Å². The van der Waals surface area contributed by atoms with Crippen LogP contribution in [0.2, 0.25) is 0 Å². The Morgan fingerprint density at radius 3 is 2.34 bits per heavy atom. The summed E-state index contributed by atoms with van der Waals surface area (Å²) in [6.07, 6.45) is 3.61. The number of hydrogen-bond acceptors (Lipinski definition) is 6. The summed E-state index contributed by atoms with van der Waals surface area (Å²) >= 11 is 0. The van der Waals surface area contributed by atoms with Crippen LogP contribution in [0.1, 0.15) is 83.4 Å². The molecule has 0 radical (unpaired) electrons. The number of rotatable bonds is 14. The van der Waals surface area contributed by atoms with Gasteiger partial charge in [-0.3, -0.25) is 0 Å². The lowest BCUT2D eigenvalue weighted by Gasteiger charge is -2.36. The summed E-state index contributed by atoms with van der Waals surface area (Å²) in [4.78, 5) is 13.4. The lowest BCUT2D eigenvalue weighted by atomic mass is 9.87. The number of hydrogen-bond donors (Lipinski definition) is 1. The first-order chi connectivity index (χ1) is 22.1. The van der Waals surface area contributed by atoms with Crippen molar-refractivity contribution in [3.05, 3.63) is 94.1 Å². The molecule has 0 saturated heterocycles. The minimum atomic E-state index is -5.08. The van der Waals surface area contributed by atoms with E-state index in [4.69, 9.17) is 18.9 Å². The Kier molecular flexibility index (Phi) is 12.9. The van der Waals surface area contributed by atoms with Gasteiger partial charge in [0, 0.05) is 19.8 Å². The lowest BCUT2D eigenvalue weighted by molar-refractivity contribution is -0.278. The van der Waals surface area contributed by atoms with Crippen molar-refractivity contribution < 1.29 is 42.0 Å². The fourth-order valence-electron chi connectivity index (χ4n) is 6.08. The van der Waals surface area contributed by atoms with E-state index in [-0.39, 0.29) is 16.9 Å². The molecular formula is C38H49F3O6. The molecule has 0 spiro atoms. The average Bonchev–Trinajstić information content (AvgIpc) is 2.98. The summed E-state index contributed by atoms with van der Waals surface area (Å²) in [6.45, 7) is 11.5. The minimum absolute atomic E-state index is 0.263. The Labute approximate surface area is 277 Å². The fourth-order valence-corrected chi connectivity index (χ4v) is 6.08. The number of fused-ring (bicyclic) bond motifs is 1. The smallest absolute Gasteiger partial charge is 0.432 e. The predicted molar refractivity (Wildman–Crippen MR) is 177 cm³/mol. The van der Waals surface area contributed by atoms with Crippen LogP contribution in [0.4, 0.5) is 13.2 Å². The third-order valence-corrected chi connectivity index (χ3v) is 8.69. The molecule has 2 aromatic carbocycles. The Bertz CT molecular complexity index is 1460. The molecule has 47 heavy (non-hydrogen) atoms. The van der Waals surface area contributed by atoms with Crippen molar-refractivity contribution in [2.45, 2.75) is 110 Å². The normalized spacial score (nSPS) is 19.6. The van der Waals surface area contributed by atoms with Gasteiger partial charge in [0.2, 0.25) is 0 Å². The highest BCUT2D eigenvalue weighted by Gasteiger charge is 2.64. The Balaban J connectivity index is 1.68. The number of aryl methyl sites for hydroxylation is 2. The van der Waals surface area contributed by atoms with Gasteiger partial charge < -0.3 is 24.1 Å². The molecule has 3 rings (SSSR count). The maximum absolute atomic E-state index is 14.5. The van der Waals surface area contributed by atoms with E-state index < -0.39 is 30.0 Å². The monoisotopic (exact) mass is 658 g/mol. The van der Waals surface area contributed by atoms with Crippen LogP contribution in [0, 0.1) is 6.92 Å². The minimum Gasteiger partial charge on any atom is -0.508 e. The van der Waals surface area contributed by atoms with Crippen LogP contribution in [0.15, 0.2) is 77.4 Å². The van der Waals surface area contributed by atoms with Crippen LogP contribution in [0.5, 0.6) is 11.5 Å². The molecule has 9 heteroatoms. The second-order valence-electron chi connectivity index (χ2n) is 12.9. The second-order valence-corrected chi connectivity index (χ2v) is 12.9. The standard InChI is InChI=1S/C38H49F3O6/c1-25(2)22-32(46-35(43)37(45-8,38(39,40)41)30-17-10-9-11-18-30)34(44-7)27(4)16-12-14-26(3)15-13-20-36(6)21-19-29-24-31(42)23-28(5)33(29)47-36/h9-11,15-18,22-24,32,34,42H,12-14,19-21H2,1-8H3/b26-15+,27-16+/t32-,34?,36-,37-/m1/s1. The molecular weight excluding hydrogens is 609 g/mol. The Morgan fingerprint density at radius 1 is 1.06 bits per heavy atom. The van der Waals surface area contributed by atoms with Crippen molar-refractivity contribution in [1.29, 1.82) is 0 Å². The molecule has 0 aromatic heterocycles. The van der Waals surface area contributed by atoms with Gasteiger partial charge in [-0.2, -0.15) is 13.2 Å². The summed E-state index contributed by atoms with van der Waals surface area (Å²) in [6, 6.07) is 10.3. The molecule has 1 unspecified atom stereocenters. The van der Waals surface area contributed by atoms with E-state index in [2.05, 4.69) is 19.9 Å². The number of benzene rings is 2. The Hall–Kier alpha value is -3.56. The maximum Gasteiger partial charge on any atom is 0.432 e. The SMILES string of the molecule is COC(/C(C)=C/CC/C(C)=C/CC[C@]1(C)CCc2cc(O)cc(C)c2O1)[C@@H](C=C(C)C)OC(=O)[C@](OC)(c1ccccc1)C(F)(F)F. The third-order valence-electron chi connectivity index (χ3n) is 8.69. The van der Waals surface area contributed by atoms with Gasteiger partial charge >= 0.3 is 12.1 Å². The number of methoxy groups -OCH3 is 2. The van der Waals surface area contributed by atoms with Gasteiger partial charge in [-0.15, -0.1) is 0 Å². The van der Waals surface area contributed by atoms with E-state index in [1.807, 2.05) is 19.9 Å². The van der Waals surface area contributed by atoms with E-state index in [0.717, 1.165) is 67.2 Å². The zero-order chi connectivity index (χ0) is 35.0. The zero-order valence-electron chi connectivity index (χ0n) is 28.8. The van der Waals surface area contributed by atoms with Crippen LogP contribution in [-0.2, 0) is 31.0 Å². The Morgan fingerprint density at radius 2 is 1.74 bits per heavy atom. The molecule has 258 valence electrons. The molecule has 1 N–H and O–H groups in total. The molecule has 0 aliphatic carbocycles. The van der Waals surface area contributed by atoms with E-state index in [0.29, 0.717) is 6.42 Å². The summed E-state index contributed by atoms with van der Waals surface area (Å²) < 4.78 is 66.2. The first kappa shape index (κ1) is 37.9. The highest BCUT2D eigenvalue weighted by molar-refractivity contribution is 5.83. The number of phenols is 1. The first-order valence-electron chi connectivity index (χ1n) is 16.0. The largest absolute Gasteiger partial charge is 0.508 e. The molecule has 0 saturated carbocycles. The summed E-state index contributed by atoms with van der Waals surface area (Å²) in [5.41, 5.74) is 0.692. The van der Waals surface area contributed by atoms with Gasteiger partial charge in [0.15, 0.2) is 6.10 Å². The summed E-state index contributed by atoms with van der Waals surface area (Å²) in [7, 11) is 2.29. The lowest BCUT2D eigenvalue weighted by Crippen LogP contribution is -2.53. The maximum atomic E-state index is 14.5. The quantitative estimate of drug-likeness (QED) is 0.161. The van der Waals surface area contributed by atoms with E-state index in [1.54, 1.807) is 38.1 Å². The number of halogens is 3. The number of esters is 1. The molecule has 1 heterocycles.